The molecule has 0 bridgehead atoms. The topological polar surface area (TPSA) is 78.3 Å². The van der Waals surface area contributed by atoms with Crippen molar-refractivity contribution in [3.8, 4) is 6.01 Å². The summed E-state index contributed by atoms with van der Waals surface area (Å²) in [6.07, 6.45) is 7.18. The second-order valence-electron chi connectivity index (χ2n) is 6.75. The molecular formula is C17H26FN5O. The smallest absolute Gasteiger partial charge is 0.336 e. The fourth-order valence-electron chi connectivity index (χ4n) is 3.42. The molecule has 3 atom stereocenters. The molecule has 24 heavy (non-hydrogen) atoms. The molecule has 0 aliphatic heterocycles. The number of imidazole rings is 1. The molecule has 2 aromatic heterocycles. The van der Waals surface area contributed by atoms with Gasteiger partial charge in [0.25, 0.3) is 0 Å². The first-order valence-corrected chi connectivity index (χ1v) is 8.89. The largest absolute Gasteiger partial charge is 0.459 e. The van der Waals surface area contributed by atoms with E-state index in [9.17, 15) is 4.39 Å². The minimum atomic E-state index is -0.746. The lowest BCUT2D eigenvalue weighted by Gasteiger charge is -2.25. The van der Waals surface area contributed by atoms with Crippen molar-refractivity contribution in [2.45, 2.75) is 71.1 Å². The van der Waals surface area contributed by atoms with Crippen LogP contribution in [-0.4, -0.2) is 31.9 Å². The van der Waals surface area contributed by atoms with Crippen LogP contribution < -0.4 is 10.5 Å². The summed E-state index contributed by atoms with van der Waals surface area (Å²) in [6.45, 7) is 4.08. The van der Waals surface area contributed by atoms with Gasteiger partial charge in [0.1, 0.15) is 6.17 Å². The summed E-state index contributed by atoms with van der Waals surface area (Å²) in [7, 11) is 0. The molecule has 0 saturated heterocycles. The van der Waals surface area contributed by atoms with E-state index in [1.165, 1.54) is 0 Å². The van der Waals surface area contributed by atoms with Crippen molar-refractivity contribution in [3.63, 3.8) is 0 Å². The predicted molar refractivity (Wildman–Crippen MR) is 90.8 cm³/mol. The number of nitrogens with zero attached hydrogens (tertiary/aromatic N) is 4. The third kappa shape index (κ3) is 3.60. The lowest BCUT2D eigenvalue weighted by atomic mass is 9.84. The lowest BCUT2D eigenvalue weighted by molar-refractivity contribution is 0.163. The lowest BCUT2D eigenvalue weighted by Crippen LogP contribution is -2.23. The number of ether oxygens (including phenoxy) is 1. The fraction of sp³-hybridized carbons (Fsp3) is 0.706. The predicted octanol–water partition coefficient (Wildman–Crippen LogP) is 3.34. The summed E-state index contributed by atoms with van der Waals surface area (Å²) in [5, 5.41) is 4.43. The summed E-state index contributed by atoms with van der Waals surface area (Å²) in [6, 6.07) is 0.251. The highest BCUT2D eigenvalue weighted by atomic mass is 19.1. The van der Waals surface area contributed by atoms with Crippen LogP contribution in [0.25, 0.3) is 5.65 Å². The summed E-state index contributed by atoms with van der Waals surface area (Å²) in [4.78, 5) is 8.49. The second kappa shape index (κ2) is 7.32. The van der Waals surface area contributed by atoms with Gasteiger partial charge in [0.15, 0.2) is 11.5 Å². The molecule has 2 heterocycles. The van der Waals surface area contributed by atoms with Gasteiger partial charge < -0.3 is 10.5 Å². The molecule has 1 fully saturated rings. The Hall–Kier alpha value is -1.92. The molecule has 1 aliphatic rings. The average molecular weight is 335 g/mol. The molecule has 0 aromatic carbocycles. The van der Waals surface area contributed by atoms with Crippen LogP contribution in [0.15, 0.2) is 6.20 Å². The van der Waals surface area contributed by atoms with E-state index in [-0.39, 0.29) is 23.9 Å². The number of aromatic nitrogens is 4. The first-order valence-electron chi connectivity index (χ1n) is 8.89. The zero-order valence-corrected chi connectivity index (χ0v) is 14.4. The number of anilines is 1. The maximum atomic E-state index is 14.1. The summed E-state index contributed by atoms with van der Waals surface area (Å²) < 4.78 is 21.6. The minimum absolute atomic E-state index is 0.0207. The molecule has 0 amide bonds. The zero-order valence-electron chi connectivity index (χ0n) is 14.4. The van der Waals surface area contributed by atoms with Gasteiger partial charge in [-0.25, -0.2) is 13.9 Å². The van der Waals surface area contributed by atoms with Gasteiger partial charge in [0.05, 0.1) is 18.0 Å². The first-order chi connectivity index (χ1) is 11.6. The van der Waals surface area contributed by atoms with E-state index in [1.807, 2.05) is 6.92 Å². The number of rotatable bonds is 6. The van der Waals surface area contributed by atoms with Gasteiger partial charge in [-0.15, -0.1) is 5.10 Å². The molecule has 2 aromatic rings. The zero-order chi connectivity index (χ0) is 17.1. The molecule has 0 radical (unpaired) electrons. The van der Waals surface area contributed by atoms with Crippen LogP contribution in [0.4, 0.5) is 10.2 Å². The quantitative estimate of drug-likeness (QED) is 0.876. The van der Waals surface area contributed by atoms with E-state index >= 15 is 0 Å². The van der Waals surface area contributed by atoms with Crippen molar-refractivity contribution in [1.82, 2.24) is 19.6 Å². The second-order valence-corrected chi connectivity index (χ2v) is 6.75. The maximum absolute atomic E-state index is 14.1. The highest BCUT2D eigenvalue weighted by Crippen LogP contribution is 2.30. The van der Waals surface area contributed by atoms with Crippen LogP contribution in [0.2, 0.25) is 0 Å². The molecule has 0 spiro atoms. The molecule has 3 rings (SSSR count). The number of fused-ring (bicyclic) bond motifs is 1. The van der Waals surface area contributed by atoms with Crippen LogP contribution in [0.1, 0.15) is 58.1 Å². The van der Waals surface area contributed by atoms with Crippen LogP contribution in [0.3, 0.4) is 0 Å². The number of alkyl halides is 1. The van der Waals surface area contributed by atoms with Gasteiger partial charge in [-0.3, -0.25) is 0 Å². The van der Waals surface area contributed by atoms with Crippen LogP contribution in [-0.2, 0) is 6.42 Å². The normalized spacial score (nSPS) is 22.6. The van der Waals surface area contributed by atoms with Crippen molar-refractivity contribution in [2.75, 3.05) is 5.73 Å². The Morgan fingerprint density at radius 1 is 1.42 bits per heavy atom. The molecular weight excluding hydrogens is 309 g/mol. The Bertz CT molecular complexity index is 689. The van der Waals surface area contributed by atoms with E-state index < -0.39 is 6.17 Å². The maximum Gasteiger partial charge on any atom is 0.336 e. The van der Waals surface area contributed by atoms with Crippen molar-refractivity contribution in [1.29, 1.82) is 0 Å². The Labute approximate surface area is 141 Å². The molecule has 2 unspecified atom stereocenters. The van der Waals surface area contributed by atoms with E-state index in [4.69, 9.17) is 10.5 Å². The van der Waals surface area contributed by atoms with Gasteiger partial charge in [0, 0.05) is 0 Å². The highest BCUT2D eigenvalue weighted by Gasteiger charge is 2.26. The van der Waals surface area contributed by atoms with E-state index in [2.05, 4.69) is 22.0 Å². The summed E-state index contributed by atoms with van der Waals surface area (Å²) in [5.74, 6) is 0.314. The van der Waals surface area contributed by atoms with Crippen molar-refractivity contribution in [2.24, 2.45) is 5.92 Å². The van der Waals surface area contributed by atoms with Crippen LogP contribution in [0.5, 0.6) is 6.01 Å². The van der Waals surface area contributed by atoms with Gasteiger partial charge in [-0.05, 0) is 38.5 Å². The fourth-order valence-corrected chi connectivity index (χ4v) is 3.42. The summed E-state index contributed by atoms with van der Waals surface area (Å²) >= 11 is 0. The van der Waals surface area contributed by atoms with Crippen molar-refractivity contribution < 1.29 is 9.13 Å². The third-order valence-corrected chi connectivity index (χ3v) is 4.73. The molecule has 132 valence electrons. The molecule has 1 aliphatic carbocycles. The monoisotopic (exact) mass is 335 g/mol. The van der Waals surface area contributed by atoms with E-state index in [1.54, 1.807) is 10.7 Å². The van der Waals surface area contributed by atoms with E-state index in [0.717, 1.165) is 37.8 Å². The standard InChI is InChI=1S/C17H26FN5O/c1-3-6-11(2)24-17-21-15(19)16-20-10-13(23(16)22-17)9-12-7-4-5-8-14(12)18/h10-12,14H,3-9H2,1-2H3,(H2,19,21,22)/t11-,12?,14?/m0/s1. The van der Waals surface area contributed by atoms with Crippen molar-refractivity contribution >= 4 is 11.5 Å². The average Bonchev–Trinajstić information content (AvgIpc) is 2.93. The number of hydrogen-bond acceptors (Lipinski definition) is 5. The molecule has 6 nitrogen and oxygen atoms in total. The number of nitrogen functional groups attached to an aromatic ring is 1. The number of nitrogens with two attached hydrogens (primary N) is 1. The SMILES string of the molecule is CCC[C@H](C)Oc1nc(N)c2ncc(CC3CCCCC3F)n2n1. The van der Waals surface area contributed by atoms with E-state index in [0.29, 0.717) is 18.5 Å². The van der Waals surface area contributed by atoms with Crippen molar-refractivity contribution in [3.05, 3.63) is 11.9 Å². The Kier molecular flexibility index (Phi) is 5.16. The van der Waals surface area contributed by atoms with Gasteiger partial charge in [-0.2, -0.15) is 4.98 Å². The number of hydrogen-bond donors (Lipinski definition) is 1. The van der Waals surface area contributed by atoms with Crippen LogP contribution >= 0.6 is 0 Å². The van der Waals surface area contributed by atoms with Gasteiger partial charge in [-0.1, -0.05) is 26.2 Å². The Morgan fingerprint density at radius 2 is 2.21 bits per heavy atom. The highest BCUT2D eigenvalue weighted by molar-refractivity contribution is 5.59. The summed E-state index contributed by atoms with van der Waals surface area (Å²) in [5.41, 5.74) is 7.36. The Morgan fingerprint density at radius 3 is 2.96 bits per heavy atom. The first kappa shape index (κ1) is 16.9. The molecule has 7 heteroatoms. The third-order valence-electron chi connectivity index (χ3n) is 4.73. The Balaban J connectivity index is 1.84. The van der Waals surface area contributed by atoms with Gasteiger partial charge in [0.2, 0.25) is 0 Å². The minimum Gasteiger partial charge on any atom is -0.459 e. The molecule has 1 saturated carbocycles. The number of halogens is 1. The van der Waals surface area contributed by atoms with Crippen LogP contribution in [0, 0.1) is 5.92 Å². The molecule has 2 N–H and O–H groups in total. The van der Waals surface area contributed by atoms with Gasteiger partial charge >= 0.3 is 6.01 Å².